The molecule has 4 amide bonds. The topological polar surface area (TPSA) is 201 Å². The number of nitrogens with two attached hydrogens (primary N) is 1. The van der Waals surface area contributed by atoms with E-state index in [4.69, 9.17) is 10.5 Å². The van der Waals surface area contributed by atoms with Crippen molar-refractivity contribution in [2.45, 2.75) is 91.7 Å². The Kier molecular flexibility index (Phi) is 15.2. The number of aromatic nitrogens is 5. The molecule has 1 fully saturated rings. The average molecular weight is 795 g/mol. The van der Waals surface area contributed by atoms with Crippen LogP contribution in [-0.2, 0) is 20.7 Å². The van der Waals surface area contributed by atoms with Gasteiger partial charge in [-0.25, -0.2) is 14.8 Å². The summed E-state index contributed by atoms with van der Waals surface area (Å²) in [6, 6.07) is 15.4. The van der Waals surface area contributed by atoms with Crippen LogP contribution < -0.4 is 21.3 Å². The average Bonchev–Trinajstić information content (AvgIpc) is 3.76. The van der Waals surface area contributed by atoms with Crippen molar-refractivity contribution >= 4 is 29.5 Å². The molecule has 5 rings (SSSR count). The fourth-order valence-corrected chi connectivity index (χ4v) is 7.20. The van der Waals surface area contributed by atoms with Crippen LogP contribution in [0, 0.1) is 18.8 Å². The lowest BCUT2D eigenvalue weighted by Gasteiger charge is -2.32. The summed E-state index contributed by atoms with van der Waals surface area (Å²) in [6.07, 6.45) is 4.89. The van der Waals surface area contributed by atoms with Crippen molar-refractivity contribution in [3.05, 3.63) is 77.6 Å². The van der Waals surface area contributed by atoms with E-state index in [-0.39, 0.29) is 24.2 Å². The van der Waals surface area contributed by atoms with Gasteiger partial charge >= 0.3 is 6.09 Å². The predicted molar refractivity (Wildman–Crippen MR) is 223 cm³/mol. The van der Waals surface area contributed by atoms with Crippen LogP contribution >= 0.6 is 0 Å². The van der Waals surface area contributed by atoms with Gasteiger partial charge in [0.1, 0.15) is 11.3 Å². The van der Waals surface area contributed by atoms with Crippen molar-refractivity contribution < 1.29 is 23.9 Å². The van der Waals surface area contributed by atoms with Gasteiger partial charge in [0.2, 0.25) is 5.91 Å². The molecule has 5 N–H and O–H groups in total. The van der Waals surface area contributed by atoms with Crippen LogP contribution in [0.15, 0.2) is 60.8 Å². The Morgan fingerprint density at radius 3 is 2.22 bits per heavy atom. The summed E-state index contributed by atoms with van der Waals surface area (Å²) in [5.74, 6) is -0.742. The molecule has 0 spiro atoms. The number of alkyl carbamates (subject to hydrolysis) is 1. The minimum absolute atomic E-state index is 0.190. The van der Waals surface area contributed by atoms with Crippen molar-refractivity contribution in [3.8, 4) is 22.5 Å². The number of rotatable bonds is 16. The monoisotopic (exact) mass is 794 g/mol. The van der Waals surface area contributed by atoms with E-state index >= 15 is 0 Å². The number of nitrogens with one attached hydrogen (secondary N) is 3. The normalized spacial score (nSPS) is 16.1. The van der Waals surface area contributed by atoms with Crippen LogP contribution in [0.4, 0.5) is 10.5 Å². The Morgan fingerprint density at radius 1 is 0.948 bits per heavy atom. The first-order valence-corrected chi connectivity index (χ1v) is 20.3. The van der Waals surface area contributed by atoms with Gasteiger partial charge in [-0.3, -0.25) is 19.4 Å². The second-order valence-electron chi connectivity index (χ2n) is 15.9. The maximum atomic E-state index is 14.2. The summed E-state index contributed by atoms with van der Waals surface area (Å²) in [5.41, 5.74) is 11.0. The standard InChI is InChI=1S/C43H58N10O5/c1-7-52(8-2)23-9-22-45-39(54)37-24-28(3)35(27-46-37)31-14-10-29(11-15-31)25-36(44)41(56)53(34-20-18-32(19-21-34)38-48-50-51-49-38)40(55)33-16-12-30(13-17-33)26-47-42(57)58-43(4,5)6/h10-11,14-15,18-21,24,27,30,33,36H,7-9,12-13,16-17,22-23,25-26,44H2,1-6H3,(H,45,54)(H,47,57)(H,48,49,50,51)/t30-,33-,36-/m0/s1. The molecule has 15 heteroatoms. The fourth-order valence-electron chi connectivity index (χ4n) is 7.20. The van der Waals surface area contributed by atoms with Crippen molar-refractivity contribution in [2.75, 3.05) is 37.6 Å². The Hall–Kier alpha value is -5.54. The number of amides is 4. The predicted octanol–water partition coefficient (Wildman–Crippen LogP) is 5.46. The highest BCUT2D eigenvalue weighted by Crippen LogP contribution is 2.32. The largest absolute Gasteiger partial charge is 0.444 e. The Morgan fingerprint density at radius 2 is 1.62 bits per heavy atom. The molecule has 310 valence electrons. The molecule has 1 aliphatic carbocycles. The van der Waals surface area contributed by atoms with Crippen LogP contribution in [0.3, 0.4) is 0 Å². The first-order valence-electron chi connectivity index (χ1n) is 20.3. The Balaban J connectivity index is 1.23. The molecule has 0 unspecified atom stereocenters. The Bertz CT molecular complexity index is 1970. The van der Waals surface area contributed by atoms with Gasteiger partial charge < -0.3 is 26.0 Å². The third-order valence-corrected chi connectivity index (χ3v) is 10.5. The van der Waals surface area contributed by atoms with E-state index < -0.39 is 29.6 Å². The third-order valence-electron chi connectivity index (χ3n) is 10.5. The lowest BCUT2D eigenvalue weighted by atomic mass is 9.81. The van der Waals surface area contributed by atoms with Gasteiger partial charge in [0.25, 0.3) is 11.8 Å². The van der Waals surface area contributed by atoms with E-state index in [1.54, 1.807) is 36.5 Å². The number of hydrogen-bond acceptors (Lipinski definition) is 11. The number of aryl methyl sites for hydroxylation is 1. The number of benzene rings is 2. The molecule has 0 radical (unpaired) electrons. The van der Waals surface area contributed by atoms with Crippen molar-refractivity contribution in [1.29, 1.82) is 0 Å². The first kappa shape index (κ1) is 43.6. The molecule has 58 heavy (non-hydrogen) atoms. The second-order valence-corrected chi connectivity index (χ2v) is 15.9. The molecule has 0 saturated heterocycles. The van der Waals surface area contributed by atoms with Gasteiger partial charge in [-0.2, -0.15) is 0 Å². The van der Waals surface area contributed by atoms with Crippen molar-refractivity contribution in [2.24, 2.45) is 17.6 Å². The summed E-state index contributed by atoms with van der Waals surface area (Å²) >= 11 is 0. The van der Waals surface area contributed by atoms with Crippen LogP contribution in [0.5, 0.6) is 0 Å². The quantitative estimate of drug-likeness (QED) is 0.105. The molecule has 2 aromatic heterocycles. The highest BCUT2D eigenvalue weighted by Gasteiger charge is 2.35. The van der Waals surface area contributed by atoms with E-state index in [0.717, 1.165) is 48.3 Å². The van der Waals surface area contributed by atoms with Crippen LogP contribution in [0.2, 0.25) is 0 Å². The van der Waals surface area contributed by atoms with E-state index in [1.807, 2.05) is 52.0 Å². The lowest BCUT2D eigenvalue weighted by Crippen LogP contribution is -2.50. The SMILES string of the molecule is CCN(CC)CCCNC(=O)c1cc(C)c(-c2ccc(C[C@H](N)C(=O)N(c3ccc(-c4nnn[nH]4)cc3)C(=O)[C@H]3CC[C@H](CNC(=O)OC(C)(C)C)CC3)cc2)cn1. The number of carbonyl (C=O) groups excluding carboxylic acids is 4. The van der Waals surface area contributed by atoms with E-state index in [9.17, 15) is 19.2 Å². The van der Waals surface area contributed by atoms with Gasteiger partial charge in [-0.1, -0.05) is 38.1 Å². The highest BCUT2D eigenvalue weighted by atomic mass is 16.6. The minimum Gasteiger partial charge on any atom is -0.444 e. The number of imide groups is 1. The summed E-state index contributed by atoms with van der Waals surface area (Å²) in [7, 11) is 0. The summed E-state index contributed by atoms with van der Waals surface area (Å²) < 4.78 is 5.37. The molecular weight excluding hydrogens is 737 g/mol. The fraction of sp³-hybridized carbons (Fsp3) is 0.488. The molecule has 0 aliphatic heterocycles. The zero-order valence-electron chi connectivity index (χ0n) is 34.6. The molecule has 0 bridgehead atoms. The zero-order valence-corrected chi connectivity index (χ0v) is 34.6. The molecule has 1 aliphatic rings. The third kappa shape index (κ3) is 12.0. The smallest absolute Gasteiger partial charge is 0.407 e. The molecule has 15 nitrogen and oxygen atoms in total. The van der Waals surface area contributed by atoms with Gasteiger partial charge in [0, 0.05) is 36.3 Å². The van der Waals surface area contributed by atoms with Gasteiger partial charge in [-0.05, 0) is 149 Å². The zero-order chi connectivity index (χ0) is 41.8. The Labute approximate surface area is 340 Å². The van der Waals surface area contributed by atoms with Crippen molar-refractivity contribution in [1.82, 2.24) is 41.1 Å². The van der Waals surface area contributed by atoms with Gasteiger partial charge in [-0.15, -0.1) is 5.10 Å². The molecule has 4 aromatic rings. The number of aromatic amines is 1. The van der Waals surface area contributed by atoms with Crippen LogP contribution in [0.1, 0.15) is 88.3 Å². The number of anilines is 1. The van der Waals surface area contributed by atoms with E-state index in [0.29, 0.717) is 61.5 Å². The number of ether oxygens (including phenoxy) is 1. The highest BCUT2D eigenvalue weighted by molar-refractivity contribution is 6.17. The number of carbonyl (C=O) groups is 4. The van der Waals surface area contributed by atoms with Crippen LogP contribution in [-0.4, -0.2) is 98.7 Å². The summed E-state index contributed by atoms with van der Waals surface area (Å²) in [6.45, 7) is 15.6. The van der Waals surface area contributed by atoms with Crippen molar-refractivity contribution in [3.63, 3.8) is 0 Å². The molecule has 1 saturated carbocycles. The lowest BCUT2D eigenvalue weighted by molar-refractivity contribution is -0.130. The number of hydrogen-bond donors (Lipinski definition) is 4. The first-order chi connectivity index (χ1) is 27.8. The van der Waals surface area contributed by atoms with Gasteiger partial charge in [0.15, 0.2) is 5.82 Å². The maximum absolute atomic E-state index is 14.2. The number of tetrazole rings is 1. The van der Waals surface area contributed by atoms with Crippen LogP contribution in [0.25, 0.3) is 22.5 Å². The second kappa shape index (κ2) is 20.2. The number of nitrogens with zero attached hydrogens (tertiary/aromatic N) is 6. The summed E-state index contributed by atoms with van der Waals surface area (Å²) in [5, 5.41) is 19.8. The van der Waals surface area contributed by atoms with Gasteiger partial charge in [0.05, 0.1) is 11.7 Å². The van der Waals surface area contributed by atoms with E-state index in [1.165, 1.54) is 4.90 Å². The summed E-state index contributed by atoms with van der Waals surface area (Å²) in [4.78, 5) is 61.4. The molecule has 2 aromatic carbocycles. The minimum atomic E-state index is -1.00. The molecule has 1 atom stereocenters. The maximum Gasteiger partial charge on any atom is 0.407 e. The number of H-pyrrole nitrogens is 1. The molecular formula is C43H58N10O5. The van der Waals surface area contributed by atoms with E-state index in [2.05, 4.69) is 55.0 Å². The number of pyridine rings is 1. The molecule has 2 heterocycles.